The number of carbonyl (C=O) groups excluding carboxylic acids is 1. The fourth-order valence-corrected chi connectivity index (χ4v) is 2.05. The predicted octanol–water partition coefficient (Wildman–Crippen LogP) is 4.11. The number of halogens is 3. The minimum absolute atomic E-state index is 0.236. The summed E-state index contributed by atoms with van der Waals surface area (Å²) in [4.78, 5) is 11.9. The van der Waals surface area contributed by atoms with Crippen molar-refractivity contribution in [3.05, 3.63) is 69.5 Å². The number of nitrogens with one attached hydrogen (secondary N) is 1. The quantitative estimate of drug-likeness (QED) is 0.904. The zero-order valence-electron chi connectivity index (χ0n) is 10.5. The van der Waals surface area contributed by atoms with Crippen molar-refractivity contribution < 1.29 is 9.18 Å². The normalized spacial score (nSPS) is 10.3. The third-order valence-electron chi connectivity index (χ3n) is 2.77. The smallest absolute Gasteiger partial charge is 0.251 e. The summed E-state index contributed by atoms with van der Waals surface area (Å²) < 4.78 is 13.0. The summed E-state index contributed by atoms with van der Waals surface area (Å²) in [6.07, 6.45) is 0.560. The molecule has 2 nitrogen and oxygen atoms in total. The molecule has 0 aromatic heterocycles. The summed E-state index contributed by atoms with van der Waals surface area (Å²) in [6.45, 7) is 0.419. The maximum Gasteiger partial charge on any atom is 0.251 e. The zero-order valence-corrected chi connectivity index (χ0v) is 12.0. The van der Waals surface area contributed by atoms with E-state index in [9.17, 15) is 9.18 Å². The number of carbonyl (C=O) groups is 1. The molecule has 1 amide bonds. The van der Waals surface area contributed by atoms with Crippen LogP contribution in [0.2, 0.25) is 10.0 Å². The largest absolute Gasteiger partial charge is 0.352 e. The van der Waals surface area contributed by atoms with Crippen molar-refractivity contribution in [2.24, 2.45) is 0 Å². The zero-order chi connectivity index (χ0) is 14.5. The van der Waals surface area contributed by atoms with E-state index >= 15 is 0 Å². The van der Waals surface area contributed by atoms with Gasteiger partial charge in [-0.3, -0.25) is 4.79 Å². The topological polar surface area (TPSA) is 29.1 Å². The van der Waals surface area contributed by atoms with E-state index in [4.69, 9.17) is 23.2 Å². The second-order valence-corrected chi connectivity index (χ2v) is 5.08. The molecule has 20 heavy (non-hydrogen) atoms. The lowest BCUT2D eigenvalue weighted by molar-refractivity contribution is 0.0954. The van der Waals surface area contributed by atoms with E-state index in [2.05, 4.69) is 5.32 Å². The molecule has 0 aliphatic carbocycles. The molecule has 104 valence electrons. The van der Waals surface area contributed by atoms with Crippen LogP contribution in [-0.2, 0) is 6.42 Å². The average Bonchev–Trinajstić information content (AvgIpc) is 2.42. The van der Waals surface area contributed by atoms with Gasteiger partial charge in [-0.15, -0.1) is 0 Å². The number of hydrogen-bond donors (Lipinski definition) is 1. The first-order valence-corrected chi connectivity index (χ1v) is 6.79. The molecule has 0 atom stereocenters. The monoisotopic (exact) mass is 311 g/mol. The van der Waals surface area contributed by atoms with E-state index in [1.807, 2.05) is 6.07 Å². The molecule has 0 saturated carbocycles. The Morgan fingerprint density at radius 1 is 1.10 bits per heavy atom. The second kappa shape index (κ2) is 6.73. The number of amides is 1. The Kier molecular flexibility index (Phi) is 4.99. The lowest BCUT2D eigenvalue weighted by Gasteiger charge is -2.06. The Morgan fingerprint density at radius 2 is 1.90 bits per heavy atom. The first-order chi connectivity index (χ1) is 9.56. The summed E-state index contributed by atoms with van der Waals surface area (Å²) in [5.41, 5.74) is 1.28. The van der Waals surface area contributed by atoms with E-state index < -0.39 is 0 Å². The summed E-state index contributed by atoms with van der Waals surface area (Å²) in [5, 5.41) is 3.49. The minimum Gasteiger partial charge on any atom is -0.352 e. The van der Waals surface area contributed by atoms with Crippen molar-refractivity contribution in [1.29, 1.82) is 0 Å². The lowest BCUT2D eigenvalue weighted by Crippen LogP contribution is -2.25. The van der Waals surface area contributed by atoms with E-state index in [0.717, 1.165) is 5.56 Å². The SMILES string of the molecule is O=C(NCCc1cccc(F)c1)c1ccc(Cl)c(Cl)c1. The molecule has 2 aromatic carbocycles. The number of benzene rings is 2. The highest BCUT2D eigenvalue weighted by Gasteiger charge is 2.07. The molecule has 0 spiro atoms. The molecule has 0 unspecified atom stereocenters. The summed E-state index contributed by atoms with van der Waals surface area (Å²) in [7, 11) is 0. The van der Waals surface area contributed by atoms with Gasteiger partial charge in [-0.2, -0.15) is 0 Å². The van der Waals surface area contributed by atoms with E-state index in [-0.39, 0.29) is 11.7 Å². The van der Waals surface area contributed by atoms with Gasteiger partial charge in [0.05, 0.1) is 10.0 Å². The third-order valence-corrected chi connectivity index (χ3v) is 3.51. The van der Waals surface area contributed by atoms with Crippen LogP contribution >= 0.6 is 23.2 Å². The van der Waals surface area contributed by atoms with Gasteiger partial charge < -0.3 is 5.32 Å². The predicted molar refractivity (Wildman–Crippen MR) is 78.9 cm³/mol. The molecule has 2 aromatic rings. The Balaban J connectivity index is 1.90. The first-order valence-electron chi connectivity index (χ1n) is 6.04. The van der Waals surface area contributed by atoms with Crippen LogP contribution in [0.25, 0.3) is 0 Å². The van der Waals surface area contributed by atoms with Crippen molar-refractivity contribution in [1.82, 2.24) is 5.32 Å². The van der Waals surface area contributed by atoms with Crippen LogP contribution in [0.1, 0.15) is 15.9 Å². The van der Waals surface area contributed by atoms with Crippen molar-refractivity contribution in [3.8, 4) is 0 Å². The fourth-order valence-electron chi connectivity index (χ4n) is 1.75. The number of rotatable bonds is 4. The van der Waals surface area contributed by atoms with Crippen molar-refractivity contribution >= 4 is 29.1 Å². The Bertz CT molecular complexity index is 631. The maximum atomic E-state index is 13.0. The van der Waals surface area contributed by atoms with Crippen LogP contribution in [0.3, 0.4) is 0 Å². The van der Waals surface area contributed by atoms with Gasteiger partial charge in [0.2, 0.25) is 0 Å². The number of hydrogen-bond acceptors (Lipinski definition) is 1. The van der Waals surface area contributed by atoms with E-state index in [1.165, 1.54) is 18.2 Å². The van der Waals surface area contributed by atoms with Gasteiger partial charge in [0.1, 0.15) is 5.82 Å². The Labute approximate surface area is 126 Å². The average molecular weight is 312 g/mol. The van der Waals surface area contributed by atoms with Gasteiger partial charge >= 0.3 is 0 Å². The van der Waals surface area contributed by atoms with E-state index in [0.29, 0.717) is 28.6 Å². The van der Waals surface area contributed by atoms with Gasteiger partial charge in [-0.25, -0.2) is 4.39 Å². The third kappa shape index (κ3) is 3.95. The molecular weight excluding hydrogens is 300 g/mol. The molecule has 0 saturated heterocycles. The maximum absolute atomic E-state index is 13.0. The molecule has 0 fully saturated rings. The van der Waals surface area contributed by atoms with Crippen LogP contribution in [-0.4, -0.2) is 12.5 Å². The molecule has 0 aliphatic heterocycles. The van der Waals surface area contributed by atoms with Gasteiger partial charge in [0.15, 0.2) is 0 Å². The highest BCUT2D eigenvalue weighted by molar-refractivity contribution is 6.42. The minimum atomic E-state index is -0.279. The molecule has 1 N–H and O–H groups in total. The Morgan fingerprint density at radius 3 is 2.60 bits per heavy atom. The molecule has 0 radical (unpaired) electrons. The summed E-state index contributed by atoms with van der Waals surface area (Å²) in [6, 6.07) is 11.0. The van der Waals surface area contributed by atoms with E-state index in [1.54, 1.807) is 18.2 Å². The van der Waals surface area contributed by atoms with Gasteiger partial charge in [-0.05, 0) is 42.3 Å². The highest BCUT2D eigenvalue weighted by Crippen LogP contribution is 2.22. The second-order valence-electron chi connectivity index (χ2n) is 4.26. The van der Waals surface area contributed by atoms with Crippen molar-refractivity contribution in [3.63, 3.8) is 0 Å². The van der Waals surface area contributed by atoms with Crippen LogP contribution < -0.4 is 5.32 Å². The molecule has 5 heteroatoms. The first kappa shape index (κ1) is 14.8. The Hall–Kier alpha value is -1.58. The molecule has 0 aliphatic rings. The fraction of sp³-hybridized carbons (Fsp3) is 0.133. The van der Waals surface area contributed by atoms with Crippen LogP contribution in [0.15, 0.2) is 42.5 Å². The van der Waals surface area contributed by atoms with Gasteiger partial charge in [0, 0.05) is 12.1 Å². The van der Waals surface area contributed by atoms with Crippen LogP contribution in [0.4, 0.5) is 4.39 Å². The summed E-state index contributed by atoms with van der Waals surface area (Å²) >= 11 is 11.6. The van der Waals surface area contributed by atoms with Crippen molar-refractivity contribution in [2.75, 3.05) is 6.54 Å². The molecule has 0 bridgehead atoms. The summed E-state index contributed by atoms with van der Waals surface area (Å²) in [5.74, 6) is -0.515. The highest BCUT2D eigenvalue weighted by atomic mass is 35.5. The van der Waals surface area contributed by atoms with Crippen molar-refractivity contribution in [2.45, 2.75) is 6.42 Å². The molecule has 0 heterocycles. The van der Waals surface area contributed by atoms with Gasteiger partial charge in [-0.1, -0.05) is 35.3 Å². The molecular formula is C15H12Cl2FNO. The van der Waals surface area contributed by atoms with Gasteiger partial charge in [0.25, 0.3) is 5.91 Å². The molecule has 2 rings (SSSR count). The van der Waals surface area contributed by atoms with Crippen LogP contribution in [0.5, 0.6) is 0 Å². The standard InChI is InChI=1S/C15H12Cl2FNO/c16-13-5-4-11(9-14(13)17)15(20)19-7-6-10-2-1-3-12(18)8-10/h1-5,8-9H,6-7H2,(H,19,20). The van der Waals surface area contributed by atoms with Crippen LogP contribution in [0, 0.1) is 5.82 Å². The lowest BCUT2D eigenvalue weighted by atomic mass is 10.1.